The highest BCUT2D eigenvalue weighted by molar-refractivity contribution is 7.14. The second-order valence-electron chi connectivity index (χ2n) is 3.60. The first kappa shape index (κ1) is 11.6. The first-order valence-corrected chi connectivity index (χ1v) is 5.81. The normalized spacial score (nSPS) is 10.2. The molecule has 1 heterocycles. The minimum atomic E-state index is -0.424. The van der Waals surface area contributed by atoms with Gasteiger partial charge >= 0.3 is 0 Å². The molecule has 0 fully saturated rings. The Balaban J connectivity index is 2.18. The largest absolute Gasteiger partial charge is 0.397 e. The van der Waals surface area contributed by atoms with Gasteiger partial charge in [-0.05, 0) is 37.3 Å². The summed E-state index contributed by atoms with van der Waals surface area (Å²) in [6, 6.07) is 7.49. The Labute approximate surface area is 102 Å². The second kappa shape index (κ2) is 4.55. The highest BCUT2D eigenvalue weighted by Gasteiger charge is 2.10. The molecule has 0 aliphatic rings. The van der Waals surface area contributed by atoms with Crippen molar-refractivity contribution >= 4 is 28.6 Å². The quantitative estimate of drug-likeness (QED) is 0.805. The van der Waals surface area contributed by atoms with Gasteiger partial charge in [0.25, 0.3) is 5.91 Å². The molecule has 0 aliphatic heterocycles. The van der Waals surface area contributed by atoms with Crippen molar-refractivity contribution in [1.82, 2.24) is 0 Å². The number of carbonyl (C=O) groups excluding carboxylic acids is 1. The lowest BCUT2D eigenvalue weighted by molar-refractivity contribution is 0.103. The van der Waals surface area contributed by atoms with Crippen LogP contribution in [0.25, 0.3) is 0 Å². The smallest absolute Gasteiger partial charge is 0.265 e. The van der Waals surface area contributed by atoms with Crippen molar-refractivity contribution in [3.63, 3.8) is 0 Å². The summed E-state index contributed by atoms with van der Waals surface area (Å²) in [6.07, 6.45) is 0. The molecule has 3 nitrogen and oxygen atoms in total. The van der Waals surface area contributed by atoms with Gasteiger partial charge in [-0.3, -0.25) is 4.79 Å². The number of rotatable bonds is 2. The second-order valence-corrected chi connectivity index (χ2v) is 4.88. The molecule has 0 unspecified atom stereocenters. The number of hydrogen-bond acceptors (Lipinski definition) is 3. The van der Waals surface area contributed by atoms with Gasteiger partial charge in [-0.2, -0.15) is 0 Å². The number of thiophene rings is 1. The van der Waals surface area contributed by atoms with Gasteiger partial charge < -0.3 is 11.1 Å². The Hall–Kier alpha value is -1.88. The van der Waals surface area contributed by atoms with E-state index in [4.69, 9.17) is 5.73 Å². The summed E-state index contributed by atoms with van der Waals surface area (Å²) in [4.78, 5) is 13.5. The maximum Gasteiger partial charge on any atom is 0.265 e. The van der Waals surface area contributed by atoms with E-state index in [1.807, 2.05) is 13.0 Å². The number of nitrogens with two attached hydrogens (primary N) is 1. The van der Waals surface area contributed by atoms with Crippen LogP contribution in [0.3, 0.4) is 0 Å². The van der Waals surface area contributed by atoms with E-state index < -0.39 is 5.82 Å². The third-order valence-corrected chi connectivity index (χ3v) is 3.23. The Morgan fingerprint density at radius 2 is 2.12 bits per heavy atom. The van der Waals surface area contributed by atoms with Gasteiger partial charge in [0, 0.05) is 4.88 Å². The Morgan fingerprint density at radius 1 is 1.35 bits per heavy atom. The summed E-state index contributed by atoms with van der Waals surface area (Å²) in [5, 5.41) is 2.65. The number of nitrogens with one attached hydrogen (secondary N) is 1. The van der Waals surface area contributed by atoms with E-state index >= 15 is 0 Å². The molecule has 0 atom stereocenters. The van der Waals surface area contributed by atoms with Crippen molar-refractivity contribution in [2.45, 2.75) is 6.92 Å². The van der Waals surface area contributed by atoms with Crippen molar-refractivity contribution in [3.8, 4) is 0 Å². The summed E-state index contributed by atoms with van der Waals surface area (Å²) in [6.45, 7) is 1.92. The molecule has 1 amide bonds. The SMILES string of the molecule is Cc1ccc(C(=O)Nc2ccc(F)cc2N)s1. The van der Waals surface area contributed by atoms with Crippen LogP contribution in [0.4, 0.5) is 15.8 Å². The van der Waals surface area contributed by atoms with E-state index in [-0.39, 0.29) is 11.6 Å². The predicted octanol–water partition coefficient (Wildman–Crippen LogP) is 3.03. The van der Waals surface area contributed by atoms with Gasteiger partial charge in [-0.1, -0.05) is 0 Å². The molecule has 0 radical (unpaired) electrons. The molecular weight excluding hydrogens is 239 g/mol. The Bertz CT molecular complexity index is 565. The monoisotopic (exact) mass is 250 g/mol. The zero-order valence-electron chi connectivity index (χ0n) is 9.16. The van der Waals surface area contributed by atoms with E-state index in [0.717, 1.165) is 4.88 Å². The van der Waals surface area contributed by atoms with Gasteiger partial charge in [0.05, 0.1) is 16.3 Å². The van der Waals surface area contributed by atoms with Crippen molar-refractivity contribution in [2.24, 2.45) is 0 Å². The minimum Gasteiger partial charge on any atom is -0.397 e. The standard InChI is InChI=1S/C12H11FN2OS/c1-7-2-5-11(17-7)12(16)15-10-4-3-8(13)6-9(10)14/h2-6H,14H2,1H3,(H,15,16). The predicted molar refractivity (Wildman–Crippen MR) is 67.8 cm³/mol. The highest BCUT2D eigenvalue weighted by atomic mass is 32.1. The lowest BCUT2D eigenvalue weighted by Gasteiger charge is -2.06. The molecule has 5 heteroatoms. The van der Waals surface area contributed by atoms with Crippen molar-refractivity contribution in [3.05, 3.63) is 45.9 Å². The van der Waals surface area contributed by atoms with Crippen molar-refractivity contribution in [1.29, 1.82) is 0 Å². The number of benzene rings is 1. The number of halogens is 1. The average Bonchev–Trinajstić information content (AvgIpc) is 2.69. The maximum absolute atomic E-state index is 12.8. The van der Waals surface area contributed by atoms with Crippen LogP contribution in [0.2, 0.25) is 0 Å². The van der Waals surface area contributed by atoms with Crippen LogP contribution in [0, 0.1) is 12.7 Å². The lowest BCUT2D eigenvalue weighted by Crippen LogP contribution is -2.11. The Morgan fingerprint density at radius 3 is 2.71 bits per heavy atom. The number of hydrogen-bond donors (Lipinski definition) is 2. The number of carbonyl (C=O) groups is 1. The minimum absolute atomic E-state index is 0.214. The van der Waals surface area contributed by atoms with Crippen LogP contribution in [0.5, 0.6) is 0 Å². The van der Waals surface area contributed by atoms with Crippen molar-refractivity contribution < 1.29 is 9.18 Å². The molecule has 3 N–H and O–H groups in total. The number of nitrogen functional groups attached to an aromatic ring is 1. The molecule has 2 rings (SSSR count). The fourth-order valence-corrected chi connectivity index (χ4v) is 2.15. The van der Waals surface area contributed by atoms with Gasteiger partial charge in [-0.25, -0.2) is 4.39 Å². The zero-order chi connectivity index (χ0) is 12.4. The summed E-state index contributed by atoms with van der Waals surface area (Å²) < 4.78 is 12.8. The van der Waals surface area contributed by atoms with Gasteiger partial charge in [0.1, 0.15) is 5.82 Å². The third-order valence-electron chi connectivity index (χ3n) is 2.23. The summed E-state index contributed by atoms with van der Waals surface area (Å²) in [7, 11) is 0. The molecule has 17 heavy (non-hydrogen) atoms. The van der Waals surface area contributed by atoms with Crippen LogP contribution in [-0.4, -0.2) is 5.91 Å². The van der Waals surface area contributed by atoms with E-state index in [1.54, 1.807) is 6.07 Å². The molecule has 0 saturated carbocycles. The molecule has 0 bridgehead atoms. The Kier molecular flexibility index (Phi) is 3.10. The molecular formula is C12H11FN2OS. The lowest BCUT2D eigenvalue weighted by atomic mass is 10.2. The molecule has 1 aromatic heterocycles. The topological polar surface area (TPSA) is 55.1 Å². The average molecular weight is 250 g/mol. The van der Waals surface area contributed by atoms with Crippen LogP contribution in [0.1, 0.15) is 14.5 Å². The molecule has 1 aromatic carbocycles. The van der Waals surface area contributed by atoms with E-state index in [1.165, 1.54) is 29.5 Å². The molecule has 88 valence electrons. The van der Waals surface area contributed by atoms with Crippen LogP contribution >= 0.6 is 11.3 Å². The first-order chi connectivity index (χ1) is 8.06. The highest BCUT2D eigenvalue weighted by Crippen LogP contribution is 2.22. The molecule has 0 saturated heterocycles. The summed E-state index contributed by atoms with van der Waals surface area (Å²) in [5.41, 5.74) is 6.24. The van der Waals surface area contributed by atoms with Crippen LogP contribution < -0.4 is 11.1 Å². The third kappa shape index (κ3) is 2.62. The fraction of sp³-hybridized carbons (Fsp3) is 0.0833. The van der Waals surface area contributed by atoms with E-state index in [0.29, 0.717) is 10.6 Å². The number of aryl methyl sites for hydroxylation is 1. The van der Waals surface area contributed by atoms with Gasteiger partial charge in [0.2, 0.25) is 0 Å². The van der Waals surface area contributed by atoms with Gasteiger partial charge in [-0.15, -0.1) is 11.3 Å². The van der Waals surface area contributed by atoms with Gasteiger partial charge in [0.15, 0.2) is 0 Å². The van der Waals surface area contributed by atoms with E-state index in [9.17, 15) is 9.18 Å². The van der Waals surface area contributed by atoms with E-state index in [2.05, 4.69) is 5.32 Å². The van der Waals surface area contributed by atoms with Crippen LogP contribution in [0.15, 0.2) is 30.3 Å². The number of anilines is 2. The van der Waals surface area contributed by atoms with Crippen molar-refractivity contribution in [2.75, 3.05) is 11.1 Å². The number of amides is 1. The molecule has 0 aliphatic carbocycles. The zero-order valence-corrected chi connectivity index (χ0v) is 9.98. The fourth-order valence-electron chi connectivity index (χ4n) is 1.39. The summed E-state index contributed by atoms with van der Waals surface area (Å²) in [5.74, 6) is -0.658. The molecule has 0 spiro atoms. The first-order valence-electron chi connectivity index (χ1n) is 4.99. The maximum atomic E-state index is 12.8. The van der Waals surface area contributed by atoms with Crippen LogP contribution in [-0.2, 0) is 0 Å². The molecule has 2 aromatic rings. The summed E-state index contributed by atoms with van der Waals surface area (Å²) >= 11 is 1.40.